The van der Waals surface area contributed by atoms with Gasteiger partial charge in [0.25, 0.3) is 5.91 Å². The maximum absolute atomic E-state index is 13.5. The zero-order chi connectivity index (χ0) is 29.3. The number of hydrogen-bond acceptors (Lipinski definition) is 5. The molecule has 2 saturated heterocycles. The number of ether oxygens (including phenoxy) is 1. The van der Waals surface area contributed by atoms with Gasteiger partial charge in [-0.25, -0.2) is 4.79 Å². The Morgan fingerprint density at radius 1 is 0.857 bits per heavy atom. The number of urea groups is 1. The molecule has 0 spiro atoms. The predicted octanol–water partition coefficient (Wildman–Crippen LogP) is 6.16. The zero-order valence-corrected chi connectivity index (χ0v) is 25.1. The second kappa shape index (κ2) is 14.7. The van der Waals surface area contributed by atoms with Crippen LogP contribution in [0.5, 0.6) is 0 Å². The molecular weight excluding hydrogens is 573 g/mol. The van der Waals surface area contributed by atoms with E-state index in [1.807, 2.05) is 18.2 Å². The number of amides is 3. The molecule has 2 fully saturated rings. The Balaban J connectivity index is 1.27. The van der Waals surface area contributed by atoms with E-state index in [1.165, 1.54) is 5.56 Å². The maximum atomic E-state index is 13.5. The van der Waals surface area contributed by atoms with Gasteiger partial charge in [0.1, 0.15) is 0 Å². The van der Waals surface area contributed by atoms with Crippen LogP contribution >= 0.6 is 23.2 Å². The van der Waals surface area contributed by atoms with Gasteiger partial charge in [-0.3, -0.25) is 9.69 Å². The highest BCUT2D eigenvalue weighted by Gasteiger charge is 2.24. The number of anilines is 3. The molecule has 42 heavy (non-hydrogen) atoms. The molecule has 0 aromatic heterocycles. The van der Waals surface area contributed by atoms with Crippen LogP contribution in [0.15, 0.2) is 66.7 Å². The van der Waals surface area contributed by atoms with E-state index in [1.54, 1.807) is 24.3 Å². The van der Waals surface area contributed by atoms with Gasteiger partial charge in [-0.1, -0.05) is 59.6 Å². The summed E-state index contributed by atoms with van der Waals surface area (Å²) in [5.74, 6) is 0.443. The van der Waals surface area contributed by atoms with Gasteiger partial charge in [0, 0.05) is 50.6 Å². The van der Waals surface area contributed by atoms with E-state index in [9.17, 15) is 9.59 Å². The maximum Gasteiger partial charge on any atom is 0.323 e. The Bertz CT molecular complexity index is 1340. The lowest BCUT2D eigenvalue weighted by molar-refractivity contribution is 0.0383. The second-order valence-electron chi connectivity index (χ2n) is 10.7. The van der Waals surface area contributed by atoms with Gasteiger partial charge in [-0.2, -0.15) is 0 Å². The lowest BCUT2D eigenvalue weighted by atomic mass is 9.89. The number of hydrogen-bond donors (Lipinski definition) is 3. The van der Waals surface area contributed by atoms with E-state index in [4.69, 9.17) is 27.9 Å². The summed E-state index contributed by atoms with van der Waals surface area (Å²) in [6.45, 7) is 6.18. The first kappa shape index (κ1) is 30.2. The summed E-state index contributed by atoms with van der Waals surface area (Å²) in [6, 6.07) is 20.6. The van der Waals surface area contributed by atoms with Crippen molar-refractivity contribution in [3.63, 3.8) is 0 Å². The van der Waals surface area contributed by atoms with E-state index in [0.29, 0.717) is 52.7 Å². The molecule has 0 saturated carbocycles. The van der Waals surface area contributed by atoms with E-state index >= 15 is 0 Å². The summed E-state index contributed by atoms with van der Waals surface area (Å²) in [5.41, 5.74) is 3.60. The average molecular weight is 611 g/mol. The Morgan fingerprint density at radius 3 is 2.29 bits per heavy atom. The van der Waals surface area contributed by atoms with Crippen LogP contribution in [-0.2, 0) is 11.2 Å². The van der Waals surface area contributed by atoms with Crippen molar-refractivity contribution < 1.29 is 14.3 Å². The first-order chi connectivity index (χ1) is 20.5. The van der Waals surface area contributed by atoms with Crippen LogP contribution in [-0.4, -0.2) is 69.3 Å². The smallest absolute Gasteiger partial charge is 0.323 e. The number of piperidine rings is 1. The van der Waals surface area contributed by atoms with E-state index in [0.717, 1.165) is 57.7 Å². The summed E-state index contributed by atoms with van der Waals surface area (Å²) in [7, 11) is 0. The minimum atomic E-state index is -0.502. The van der Waals surface area contributed by atoms with Crippen molar-refractivity contribution in [3.05, 3.63) is 87.9 Å². The summed E-state index contributed by atoms with van der Waals surface area (Å²) in [6.07, 6.45) is 3.17. The van der Waals surface area contributed by atoms with Crippen molar-refractivity contribution in [2.24, 2.45) is 5.92 Å². The highest BCUT2D eigenvalue weighted by atomic mass is 35.5. The number of halogens is 2. The van der Waals surface area contributed by atoms with Gasteiger partial charge in [-0.15, -0.1) is 0 Å². The van der Waals surface area contributed by atoms with Gasteiger partial charge < -0.3 is 25.6 Å². The predicted molar refractivity (Wildman–Crippen MR) is 170 cm³/mol. The molecule has 3 aromatic carbocycles. The van der Waals surface area contributed by atoms with Crippen LogP contribution in [0.4, 0.5) is 21.9 Å². The zero-order valence-electron chi connectivity index (χ0n) is 23.6. The fraction of sp³-hybridized carbons (Fsp3) is 0.375. The van der Waals surface area contributed by atoms with Gasteiger partial charge in [0.05, 0.1) is 34.5 Å². The van der Waals surface area contributed by atoms with Crippen molar-refractivity contribution >= 4 is 52.2 Å². The molecule has 0 atom stereocenters. The SMILES string of the molecule is O=C(Nc1ccc(N2CCC(Cc3ccccc3)CC2)c(C(=O)NCCN2CCOCC2)c1)Nc1c(Cl)cccc1Cl. The Kier molecular flexibility index (Phi) is 10.6. The van der Waals surface area contributed by atoms with Crippen LogP contribution in [0.1, 0.15) is 28.8 Å². The molecule has 3 aromatic rings. The molecule has 8 nitrogen and oxygen atoms in total. The Hall–Kier alpha value is -3.30. The standard InChI is InChI=1S/C32H37Cl2N5O3/c33-27-7-4-8-28(34)30(27)37-32(41)36-25-9-10-29(26(22-25)31(40)35-13-16-38-17-19-42-20-18-38)39-14-11-24(12-15-39)21-23-5-2-1-3-6-23/h1-10,22,24H,11-21H2,(H,35,40)(H2,36,37,41). The minimum absolute atomic E-state index is 0.164. The average Bonchev–Trinajstić information content (AvgIpc) is 3.00. The number of benzene rings is 3. The molecule has 0 bridgehead atoms. The molecule has 2 aliphatic rings. The number of nitrogens with one attached hydrogen (secondary N) is 3. The molecule has 2 aliphatic heterocycles. The molecule has 0 aliphatic carbocycles. The molecule has 3 amide bonds. The highest BCUT2D eigenvalue weighted by molar-refractivity contribution is 6.39. The minimum Gasteiger partial charge on any atom is -0.379 e. The van der Waals surface area contributed by atoms with Crippen molar-refractivity contribution in [2.45, 2.75) is 19.3 Å². The van der Waals surface area contributed by atoms with Gasteiger partial charge in [0.15, 0.2) is 0 Å². The fourth-order valence-electron chi connectivity index (χ4n) is 5.54. The van der Waals surface area contributed by atoms with E-state index in [2.05, 4.69) is 50.0 Å². The van der Waals surface area contributed by atoms with Gasteiger partial charge in [-0.05, 0) is 61.1 Å². The largest absolute Gasteiger partial charge is 0.379 e. The molecule has 0 radical (unpaired) electrons. The molecule has 0 unspecified atom stereocenters. The van der Waals surface area contributed by atoms with Crippen molar-refractivity contribution in [1.82, 2.24) is 10.2 Å². The van der Waals surface area contributed by atoms with Crippen molar-refractivity contribution in [2.75, 3.05) is 68.0 Å². The van der Waals surface area contributed by atoms with E-state index < -0.39 is 6.03 Å². The topological polar surface area (TPSA) is 85.9 Å². The lowest BCUT2D eigenvalue weighted by Gasteiger charge is -2.35. The first-order valence-corrected chi connectivity index (χ1v) is 15.2. The molecule has 2 heterocycles. The van der Waals surface area contributed by atoms with Crippen LogP contribution < -0.4 is 20.9 Å². The quantitative estimate of drug-likeness (QED) is 0.270. The van der Waals surface area contributed by atoms with Crippen LogP contribution in [0, 0.1) is 5.92 Å². The summed E-state index contributed by atoms with van der Waals surface area (Å²) in [5, 5.41) is 9.30. The lowest BCUT2D eigenvalue weighted by Crippen LogP contribution is -2.41. The number of para-hydroxylation sites is 1. The summed E-state index contributed by atoms with van der Waals surface area (Å²) in [4.78, 5) is 30.9. The number of carbonyl (C=O) groups excluding carboxylic acids is 2. The van der Waals surface area contributed by atoms with Crippen LogP contribution in [0.2, 0.25) is 10.0 Å². The number of nitrogens with zero attached hydrogens (tertiary/aromatic N) is 2. The number of carbonyl (C=O) groups is 2. The number of morpholine rings is 1. The monoisotopic (exact) mass is 609 g/mol. The van der Waals surface area contributed by atoms with E-state index in [-0.39, 0.29) is 5.91 Å². The third kappa shape index (κ3) is 8.16. The third-order valence-electron chi connectivity index (χ3n) is 7.84. The van der Waals surface area contributed by atoms with Crippen LogP contribution in [0.3, 0.4) is 0 Å². The highest BCUT2D eigenvalue weighted by Crippen LogP contribution is 2.32. The fourth-order valence-corrected chi connectivity index (χ4v) is 6.03. The normalized spacial score (nSPS) is 16.2. The van der Waals surface area contributed by atoms with Crippen molar-refractivity contribution in [1.29, 1.82) is 0 Å². The second-order valence-corrected chi connectivity index (χ2v) is 11.6. The van der Waals surface area contributed by atoms with Gasteiger partial charge >= 0.3 is 6.03 Å². The third-order valence-corrected chi connectivity index (χ3v) is 8.47. The van der Waals surface area contributed by atoms with Gasteiger partial charge in [0.2, 0.25) is 0 Å². The Labute approximate surface area is 257 Å². The molecular formula is C32H37Cl2N5O3. The van der Waals surface area contributed by atoms with Crippen molar-refractivity contribution in [3.8, 4) is 0 Å². The first-order valence-electron chi connectivity index (χ1n) is 14.5. The number of rotatable bonds is 9. The van der Waals surface area contributed by atoms with Crippen LogP contribution in [0.25, 0.3) is 0 Å². The molecule has 3 N–H and O–H groups in total. The molecule has 5 rings (SSSR count). The Morgan fingerprint density at radius 2 is 1.57 bits per heavy atom. The summed E-state index contributed by atoms with van der Waals surface area (Å²) < 4.78 is 5.43. The summed E-state index contributed by atoms with van der Waals surface area (Å²) >= 11 is 12.4. The molecule has 222 valence electrons. The molecule has 10 heteroatoms.